The Kier molecular flexibility index (Phi) is 6.20. The number of hydrogen-bond donors (Lipinski definition) is 1. The van der Waals surface area contributed by atoms with Crippen LogP contribution in [0.15, 0.2) is 18.2 Å². The number of carbonyl (C=O) groups excluding carboxylic acids is 1. The minimum absolute atomic E-state index is 0.138. The Morgan fingerprint density at radius 3 is 2.68 bits per heavy atom. The second-order valence-corrected chi connectivity index (χ2v) is 6.45. The highest BCUT2D eigenvalue weighted by Gasteiger charge is 2.18. The summed E-state index contributed by atoms with van der Waals surface area (Å²) in [7, 11) is 1.63. The second kappa shape index (κ2) is 7.92. The summed E-state index contributed by atoms with van der Waals surface area (Å²) in [5.74, 6) is -0.138. The van der Waals surface area contributed by atoms with Crippen LogP contribution in [0.4, 0.5) is 0 Å². The molecule has 0 aliphatic heterocycles. The number of aromatic nitrogens is 1. The molecular formula is C15H16Cl2N2O2S. The van der Waals surface area contributed by atoms with E-state index in [9.17, 15) is 4.79 Å². The van der Waals surface area contributed by atoms with Gasteiger partial charge in [-0.15, -0.1) is 11.3 Å². The molecule has 2 aromatic rings. The number of hydrogen-bond acceptors (Lipinski definition) is 4. The summed E-state index contributed by atoms with van der Waals surface area (Å²) in [5.41, 5.74) is 1.33. The smallest absolute Gasteiger partial charge is 0.263 e. The van der Waals surface area contributed by atoms with Crippen LogP contribution in [0.1, 0.15) is 21.8 Å². The number of methoxy groups -OCH3 is 1. The first-order chi connectivity index (χ1) is 10.5. The van der Waals surface area contributed by atoms with Gasteiger partial charge in [0.15, 0.2) is 0 Å². The van der Waals surface area contributed by atoms with Crippen molar-refractivity contribution in [2.45, 2.75) is 13.3 Å². The molecule has 0 saturated heterocycles. The van der Waals surface area contributed by atoms with Gasteiger partial charge in [-0.2, -0.15) is 0 Å². The summed E-state index contributed by atoms with van der Waals surface area (Å²) in [6.07, 6.45) is 0.767. The summed E-state index contributed by atoms with van der Waals surface area (Å²) in [6.45, 7) is 2.98. The van der Waals surface area contributed by atoms with Crippen molar-refractivity contribution in [3.05, 3.63) is 38.8 Å². The molecule has 0 fully saturated rings. The largest absolute Gasteiger partial charge is 0.385 e. The van der Waals surface area contributed by atoms with Gasteiger partial charge in [-0.05, 0) is 25.5 Å². The monoisotopic (exact) mass is 358 g/mol. The SMILES string of the molecule is COCCCNC(=O)c1sc(-c2c(Cl)cccc2Cl)nc1C. The van der Waals surface area contributed by atoms with E-state index in [1.54, 1.807) is 32.2 Å². The predicted octanol–water partition coefficient (Wildman–Crippen LogP) is 4.19. The fourth-order valence-corrected chi connectivity index (χ4v) is 3.66. The highest BCUT2D eigenvalue weighted by atomic mass is 35.5. The summed E-state index contributed by atoms with van der Waals surface area (Å²) in [5, 5.41) is 4.55. The normalized spacial score (nSPS) is 10.7. The van der Waals surface area contributed by atoms with E-state index in [1.165, 1.54) is 11.3 Å². The van der Waals surface area contributed by atoms with Crippen molar-refractivity contribution in [2.75, 3.05) is 20.3 Å². The Hall–Kier alpha value is -1.14. The zero-order valence-electron chi connectivity index (χ0n) is 12.3. The Morgan fingerprint density at radius 1 is 1.36 bits per heavy atom. The fraction of sp³-hybridized carbons (Fsp3) is 0.333. The Balaban J connectivity index is 2.19. The third-order valence-corrected chi connectivity index (χ3v) is 4.79. The molecule has 2 rings (SSSR count). The van der Waals surface area contributed by atoms with E-state index in [0.29, 0.717) is 44.3 Å². The zero-order valence-corrected chi connectivity index (χ0v) is 14.6. The van der Waals surface area contributed by atoms with E-state index in [4.69, 9.17) is 27.9 Å². The van der Waals surface area contributed by atoms with Gasteiger partial charge in [0.1, 0.15) is 9.88 Å². The molecule has 0 aliphatic rings. The fourth-order valence-electron chi connectivity index (χ4n) is 1.91. The van der Waals surface area contributed by atoms with Crippen LogP contribution in [-0.2, 0) is 4.74 Å². The first kappa shape index (κ1) is 17.2. The van der Waals surface area contributed by atoms with E-state index in [1.807, 2.05) is 0 Å². The lowest BCUT2D eigenvalue weighted by Gasteiger charge is -2.03. The van der Waals surface area contributed by atoms with Crippen LogP contribution in [0.5, 0.6) is 0 Å². The minimum atomic E-state index is -0.138. The molecule has 4 nitrogen and oxygen atoms in total. The first-order valence-electron chi connectivity index (χ1n) is 6.73. The molecule has 0 atom stereocenters. The highest BCUT2D eigenvalue weighted by molar-refractivity contribution is 7.17. The van der Waals surface area contributed by atoms with E-state index in [-0.39, 0.29) is 5.91 Å². The lowest BCUT2D eigenvalue weighted by molar-refractivity contribution is 0.0952. The topological polar surface area (TPSA) is 51.2 Å². The van der Waals surface area contributed by atoms with E-state index in [0.717, 1.165) is 6.42 Å². The van der Waals surface area contributed by atoms with Gasteiger partial charge in [-0.1, -0.05) is 29.3 Å². The first-order valence-corrected chi connectivity index (χ1v) is 8.30. The molecule has 1 aromatic heterocycles. The van der Waals surface area contributed by atoms with E-state index >= 15 is 0 Å². The second-order valence-electron chi connectivity index (χ2n) is 4.63. The number of carbonyl (C=O) groups is 1. The molecule has 22 heavy (non-hydrogen) atoms. The van der Waals surface area contributed by atoms with Crippen molar-refractivity contribution in [3.8, 4) is 10.6 Å². The van der Waals surface area contributed by atoms with Gasteiger partial charge in [0.05, 0.1) is 15.7 Å². The Morgan fingerprint density at radius 2 is 2.05 bits per heavy atom. The number of nitrogens with one attached hydrogen (secondary N) is 1. The van der Waals surface area contributed by atoms with Crippen molar-refractivity contribution in [2.24, 2.45) is 0 Å². The van der Waals surface area contributed by atoms with E-state index in [2.05, 4.69) is 10.3 Å². The van der Waals surface area contributed by atoms with Crippen molar-refractivity contribution >= 4 is 40.4 Å². The molecule has 1 aromatic carbocycles. The highest BCUT2D eigenvalue weighted by Crippen LogP contribution is 2.37. The molecular weight excluding hydrogens is 343 g/mol. The van der Waals surface area contributed by atoms with E-state index < -0.39 is 0 Å². The summed E-state index contributed by atoms with van der Waals surface area (Å²) < 4.78 is 4.95. The average molecular weight is 359 g/mol. The number of benzene rings is 1. The van der Waals surface area contributed by atoms with Gasteiger partial charge in [0, 0.05) is 25.8 Å². The van der Waals surface area contributed by atoms with Crippen LogP contribution in [0.25, 0.3) is 10.6 Å². The van der Waals surface area contributed by atoms with Gasteiger partial charge in [0.25, 0.3) is 5.91 Å². The predicted molar refractivity (Wildman–Crippen MR) is 91.1 cm³/mol. The van der Waals surface area contributed by atoms with Crippen molar-refractivity contribution in [3.63, 3.8) is 0 Å². The number of ether oxygens (including phenoxy) is 1. The number of halogens is 2. The molecule has 0 spiro atoms. The van der Waals surface area contributed by atoms with Gasteiger partial charge < -0.3 is 10.1 Å². The lowest BCUT2D eigenvalue weighted by atomic mass is 10.2. The molecule has 0 saturated carbocycles. The Labute approximate surface area is 143 Å². The van der Waals surface area contributed by atoms with Crippen LogP contribution < -0.4 is 5.32 Å². The van der Waals surface area contributed by atoms with Crippen LogP contribution >= 0.6 is 34.5 Å². The maximum Gasteiger partial charge on any atom is 0.263 e. The van der Waals surface area contributed by atoms with Crippen molar-refractivity contribution < 1.29 is 9.53 Å². The van der Waals surface area contributed by atoms with Crippen molar-refractivity contribution in [1.29, 1.82) is 0 Å². The summed E-state index contributed by atoms with van der Waals surface area (Å²) in [6, 6.07) is 5.28. The van der Waals surface area contributed by atoms with Gasteiger partial charge >= 0.3 is 0 Å². The number of thiazole rings is 1. The Bertz CT molecular complexity index is 653. The van der Waals surface area contributed by atoms with Gasteiger partial charge in [0.2, 0.25) is 0 Å². The third kappa shape index (κ3) is 3.98. The molecule has 0 unspecified atom stereocenters. The van der Waals surface area contributed by atoms with Gasteiger partial charge in [-0.3, -0.25) is 4.79 Å². The number of nitrogens with zero attached hydrogens (tertiary/aromatic N) is 1. The van der Waals surface area contributed by atoms with Crippen LogP contribution in [-0.4, -0.2) is 31.2 Å². The van der Waals surface area contributed by atoms with Crippen LogP contribution in [0, 0.1) is 6.92 Å². The molecule has 1 amide bonds. The molecule has 118 valence electrons. The zero-order chi connectivity index (χ0) is 16.1. The number of rotatable bonds is 6. The molecule has 1 N–H and O–H groups in total. The molecule has 0 radical (unpaired) electrons. The minimum Gasteiger partial charge on any atom is -0.385 e. The maximum absolute atomic E-state index is 12.2. The number of aryl methyl sites for hydroxylation is 1. The average Bonchev–Trinajstić information content (AvgIpc) is 2.85. The summed E-state index contributed by atoms with van der Waals surface area (Å²) >= 11 is 13.7. The third-order valence-electron chi connectivity index (χ3n) is 2.99. The van der Waals surface area contributed by atoms with Gasteiger partial charge in [-0.25, -0.2) is 4.98 Å². The summed E-state index contributed by atoms with van der Waals surface area (Å²) in [4.78, 5) is 17.2. The maximum atomic E-state index is 12.2. The van der Waals surface area contributed by atoms with Crippen LogP contribution in [0.3, 0.4) is 0 Å². The number of amides is 1. The molecule has 0 bridgehead atoms. The van der Waals surface area contributed by atoms with Crippen LogP contribution in [0.2, 0.25) is 10.0 Å². The molecule has 7 heteroatoms. The molecule has 1 heterocycles. The quantitative estimate of drug-likeness (QED) is 0.787. The standard InChI is InChI=1S/C15H16Cl2N2O2S/c1-9-13(14(20)18-7-4-8-21-2)22-15(19-9)12-10(16)5-3-6-11(12)17/h3,5-6H,4,7-8H2,1-2H3,(H,18,20). The lowest BCUT2D eigenvalue weighted by Crippen LogP contribution is -2.24. The van der Waals surface area contributed by atoms with Crippen molar-refractivity contribution in [1.82, 2.24) is 10.3 Å². The molecule has 0 aliphatic carbocycles.